The number of nitrogens with one attached hydrogen (secondary N) is 1. The van der Waals surface area contributed by atoms with Crippen LogP contribution in [0.25, 0.3) is 11.3 Å². The SMILES string of the molecule is COc1ccc(-c2cc(CNC(=O)CN3C[C@@H]4CC[C@H]3C4)no2)cc1. The molecule has 25 heavy (non-hydrogen) atoms. The van der Waals surface area contributed by atoms with Crippen molar-refractivity contribution in [3.05, 3.63) is 36.0 Å². The lowest BCUT2D eigenvalue weighted by molar-refractivity contribution is -0.122. The number of likely N-dealkylation sites (tertiary alicyclic amines) is 1. The van der Waals surface area contributed by atoms with Crippen LogP contribution in [0, 0.1) is 5.92 Å². The van der Waals surface area contributed by atoms with Gasteiger partial charge in [0.05, 0.1) is 20.2 Å². The van der Waals surface area contributed by atoms with Crippen molar-refractivity contribution in [2.24, 2.45) is 5.92 Å². The van der Waals surface area contributed by atoms with E-state index in [1.54, 1.807) is 7.11 Å². The first-order valence-electron chi connectivity index (χ1n) is 8.82. The van der Waals surface area contributed by atoms with Crippen LogP contribution in [0.1, 0.15) is 25.0 Å². The lowest BCUT2D eigenvalue weighted by Gasteiger charge is -2.25. The summed E-state index contributed by atoms with van der Waals surface area (Å²) in [7, 11) is 1.64. The van der Waals surface area contributed by atoms with Crippen molar-refractivity contribution in [3.63, 3.8) is 0 Å². The summed E-state index contributed by atoms with van der Waals surface area (Å²) in [5.74, 6) is 2.34. The third-order valence-electron chi connectivity index (χ3n) is 5.27. The van der Waals surface area contributed by atoms with E-state index in [4.69, 9.17) is 9.26 Å². The maximum absolute atomic E-state index is 12.2. The fourth-order valence-corrected chi connectivity index (χ4v) is 3.94. The molecular formula is C19H23N3O3. The Kier molecular flexibility index (Phi) is 4.44. The summed E-state index contributed by atoms with van der Waals surface area (Å²) in [5.41, 5.74) is 1.65. The van der Waals surface area contributed by atoms with Gasteiger partial charge < -0.3 is 14.6 Å². The van der Waals surface area contributed by atoms with Crippen molar-refractivity contribution in [1.82, 2.24) is 15.4 Å². The van der Waals surface area contributed by atoms with Gasteiger partial charge in [-0.25, -0.2) is 0 Å². The Morgan fingerprint density at radius 1 is 1.36 bits per heavy atom. The average Bonchev–Trinajstić information content (AvgIpc) is 3.37. The molecule has 1 amide bonds. The number of hydrogen-bond acceptors (Lipinski definition) is 5. The van der Waals surface area contributed by atoms with Gasteiger partial charge in [0.25, 0.3) is 0 Å². The lowest BCUT2D eigenvalue weighted by atomic mass is 10.1. The number of aromatic nitrogens is 1. The zero-order valence-corrected chi connectivity index (χ0v) is 14.4. The van der Waals surface area contributed by atoms with Gasteiger partial charge in [-0.2, -0.15) is 0 Å². The van der Waals surface area contributed by atoms with Crippen molar-refractivity contribution in [2.75, 3.05) is 20.2 Å². The van der Waals surface area contributed by atoms with E-state index in [0.717, 1.165) is 29.5 Å². The number of amides is 1. The number of nitrogens with zero attached hydrogens (tertiary/aromatic N) is 2. The lowest BCUT2D eigenvalue weighted by Crippen LogP contribution is -2.41. The number of methoxy groups -OCH3 is 1. The molecule has 2 atom stereocenters. The normalized spacial score (nSPS) is 22.3. The highest BCUT2D eigenvalue weighted by molar-refractivity contribution is 5.78. The van der Waals surface area contributed by atoms with Crippen molar-refractivity contribution >= 4 is 5.91 Å². The number of hydrogen-bond donors (Lipinski definition) is 1. The van der Waals surface area contributed by atoms with E-state index in [1.807, 2.05) is 30.3 Å². The van der Waals surface area contributed by atoms with E-state index in [0.29, 0.717) is 24.9 Å². The van der Waals surface area contributed by atoms with E-state index >= 15 is 0 Å². The number of rotatable bonds is 6. The first-order valence-corrected chi connectivity index (χ1v) is 8.82. The van der Waals surface area contributed by atoms with Crippen molar-refractivity contribution in [3.8, 4) is 17.1 Å². The van der Waals surface area contributed by atoms with Crippen LogP contribution in [0.15, 0.2) is 34.9 Å². The highest BCUT2D eigenvalue weighted by Gasteiger charge is 2.38. The van der Waals surface area contributed by atoms with Crippen LogP contribution in [-0.4, -0.2) is 42.2 Å². The van der Waals surface area contributed by atoms with Crippen molar-refractivity contribution < 1.29 is 14.1 Å². The molecule has 1 aliphatic carbocycles. The van der Waals surface area contributed by atoms with E-state index in [-0.39, 0.29) is 5.91 Å². The van der Waals surface area contributed by atoms with Crippen molar-refractivity contribution in [1.29, 1.82) is 0 Å². The molecule has 132 valence electrons. The van der Waals surface area contributed by atoms with Crippen LogP contribution >= 0.6 is 0 Å². The zero-order chi connectivity index (χ0) is 17.2. The Morgan fingerprint density at radius 2 is 2.20 bits per heavy atom. The minimum atomic E-state index is 0.0570. The van der Waals surface area contributed by atoms with E-state index in [1.165, 1.54) is 19.3 Å². The molecule has 6 heteroatoms. The molecule has 1 saturated heterocycles. The van der Waals surface area contributed by atoms with Crippen LogP contribution in [-0.2, 0) is 11.3 Å². The Hall–Kier alpha value is -2.34. The summed E-state index contributed by atoms with van der Waals surface area (Å²) >= 11 is 0. The topological polar surface area (TPSA) is 67.6 Å². The van der Waals surface area contributed by atoms with Crippen LogP contribution in [0.5, 0.6) is 5.75 Å². The summed E-state index contributed by atoms with van der Waals surface area (Å²) in [6.45, 7) is 1.95. The minimum Gasteiger partial charge on any atom is -0.497 e. The van der Waals surface area contributed by atoms with E-state index in [9.17, 15) is 4.79 Å². The largest absolute Gasteiger partial charge is 0.497 e. The second-order valence-electron chi connectivity index (χ2n) is 6.95. The summed E-state index contributed by atoms with van der Waals surface area (Å²) in [6, 6.07) is 10.1. The minimum absolute atomic E-state index is 0.0570. The summed E-state index contributed by atoms with van der Waals surface area (Å²) in [6.07, 6.45) is 3.84. The molecule has 1 aromatic carbocycles. The predicted octanol–water partition coefficient (Wildman–Crippen LogP) is 2.45. The van der Waals surface area contributed by atoms with Gasteiger partial charge in [0.2, 0.25) is 5.91 Å². The average molecular weight is 341 g/mol. The Labute approximate surface area is 147 Å². The molecule has 0 radical (unpaired) electrons. The number of fused-ring (bicyclic) bond motifs is 2. The molecule has 1 aromatic heterocycles. The summed E-state index contributed by atoms with van der Waals surface area (Å²) in [5, 5.41) is 6.99. The maximum Gasteiger partial charge on any atom is 0.234 e. The molecule has 2 heterocycles. The van der Waals surface area contributed by atoms with Crippen LogP contribution < -0.4 is 10.1 Å². The number of piperidine rings is 1. The molecule has 4 rings (SSSR count). The van der Waals surface area contributed by atoms with Crippen molar-refractivity contribution in [2.45, 2.75) is 31.8 Å². The van der Waals surface area contributed by atoms with Crippen LogP contribution in [0.4, 0.5) is 0 Å². The van der Waals surface area contributed by atoms with Crippen LogP contribution in [0.2, 0.25) is 0 Å². The third kappa shape index (κ3) is 3.54. The molecular weight excluding hydrogens is 318 g/mol. The first-order chi connectivity index (χ1) is 12.2. The molecule has 2 bridgehead atoms. The Morgan fingerprint density at radius 3 is 2.88 bits per heavy atom. The predicted molar refractivity (Wildman–Crippen MR) is 93.0 cm³/mol. The second-order valence-corrected chi connectivity index (χ2v) is 6.95. The smallest absolute Gasteiger partial charge is 0.234 e. The van der Waals surface area contributed by atoms with Gasteiger partial charge in [-0.15, -0.1) is 0 Å². The Bertz CT molecular complexity index is 741. The van der Waals surface area contributed by atoms with Gasteiger partial charge in [0, 0.05) is 24.2 Å². The molecule has 1 aliphatic heterocycles. The first kappa shape index (κ1) is 16.1. The molecule has 2 fully saturated rings. The fraction of sp³-hybridized carbons (Fsp3) is 0.474. The molecule has 6 nitrogen and oxygen atoms in total. The van der Waals surface area contributed by atoms with E-state index < -0.39 is 0 Å². The van der Waals surface area contributed by atoms with Gasteiger partial charge >= 0.3 is 0 Å². The van der Waals surface area contributed by atoms with Gasteiger partial charge in [0.1, 0.15) is 11.4 Å². The third-order valence-corrected chi connectivity index (χ3v) is 5.27. The highest BCUT2D eigenvalue weighted by atomic mass is 16.5. The molecule has 0 spiro atoms. The van der Waals surface area contributed by atoms with E-state index in [2.05, 4.69) is 15.4 Å². The molecule has 2 aromatic rings. The summed E-state index contributed by atoms with van der Waals surface area (Å²) in [4.78, 5) is 14.5. The van der Waals surface area contributed by atoms with Gasteiger partial charge in [0.15, 0.2) is 5.76 Å². The number of carbonyl (C=O) groups excluding carboxylic acids is 1. The van der Waals surface area contributed by atoms with Gasteiger partial charge in [-0.3, -0.25) is 9.69 Å². The standard InChI is InChI=1S/C19H23N3O3/c1-24-17-6-3-14(4-7-17)18-9-15(21-25-18)10-20-19(23)12-22-11-13-2-5-16(22)8-13/h3-4,6-7,9,13,16H,2,5,8,10-12H2,1H3,(H,20,23)/t13-,16+/m1/s1. The molecule has 0 unspecified atom stereocenters. The summed E-state index contributed by atoms with van der Waals surface area (Å²) < 4.78 is 10.5. The molecule has 1 saturated carbocycles. The Balaban J connectivity index is 1.29. The quantitative estimate of drug-likeness (QED) is 0.874. The zero-order valence-electron chi connectivity index (χ0n) is 14.4. The fourth-order valence-electron chi connectivity index (χ4n) is 3.94. The van der Waals surface area contributed by atoms with Crippen LogP contribution in [0.3, 0.4) is 0 Å². The molecule has 2 aliphatic rings. The second kappa shape index (κ2) is 6.88. The number of carbonyl (C=O) groups is 1. The molecule has 1 N–H and O–H groups in total. The number of ether oxygens (including phenoxy) is 1. The van der Waals surface area contributed by atoms with Gasteiger partial charge in [-0.05, 0) is 49.4 Å². The highest BCUT2D eigenvalue weighted by Crippen LogP contribution is 2.36. The maximum atomic E-state index is 12.2. The number of benzene rings is 1. The monoisotopic (exact) mass is 341 g/mol. The van der Waals surface area contributed by atoms with Gasteiger partial charge in [-0.1, -0.05) is 5.16 Å².